The highest BCUT2D eigenvalue weighted by molar-refractivity contribution is 7.93. The Morgan fingerprint density at radius 3 is 2.27 bits per heavy atom. The molecule has 0 spiro atoms. The summed E-state index contributed by atoms with van der Waals surface area (Å²) in [5.41, 5.74) is 1.88. The molecule has 0 N–H and O–H groups in total. The zero-order valence-corrected chi connectivity index (χ0v) is 16.1. The Bertz CT molecular complexity index is 995. The molecule has 1 unspecified atom stereocenters. The van der Waals surface area contributed by atoms with E-state index in [2.05, 4.69) is 0 Å². The van der Waals surface area contributed by atoms with Crippen molar-refractivity contribution in [1.82, 2.24) is 4.31 Å². The van der Waals surface area contributed by atoms with Crippen LogP contribution >= 0.6 is 0 Å². The molecule has 0 radical (unpaired) electrons. The second-order valence-electron chi connectivity index (χ2n) is 6.39. The van der Waals surface area contributed by atoms with Gasteiger partial charge in [-0.2, -0.15) is 4.31 Å². The molecule has 0 bridgehead atoms. The summed E-state index contributed by atoms with van der Waals surface area (Å²) in [6.07, 6.45) is 1.84. The number of benzene rings is 2. The van der Waals surface area contributed by atoms with Crippen LogP contribution in [0.1, 0.15) is 17.5 Å². The molecule has 138 valence electrons. The van der Waals surface area contributed by atoms with Gasteiger partial charge >= 0.3 is 0 Å². The molecule has 2 aromatic rings. The van der Waals surface area contributed by atoms with E-state index < -0.39 is 25.1 Å². The highest BCUT2D eigenvalue weighted by Gasteiger charge is 2.38. The van der Waals surface area contributed by atoms with Crippen LogP contribution in [0.3, 0.4) is 0 Å². The summed E-state index contributed by atoms with van der Waals surface area (Å²) < 4.78 is 51.6. The zero-order chi connectivity index (χ0) is 18.8. The lowest BCUT2D eigenvalue weighted by Crippen LogP contribution is -2.30. The van der Waals surface area contributed by atoms with Crippen LogP contribution in [0.2, 0.25) is 0 Å². The van der Waals surface area contributed by atoms with E-state index in [-0.39, 0.29) is 18.0 Å². The first-order valence-corrected chi connectivity index (χ1v) is 11.4. The van der Waals surface area contributed by atoms with E-state index in [4.69, 9.17) is 0 Å². The average Bonchev–Trinajstić information content (AvgIpc) is 3.14. The van der Waals surface area contributed by atoms with Gasteiger partial charge in [0.15, 0.2) is 9.84 Å². The third-order valence-corrected chi connectivity index (χ3v) is 8.21. The van der Waals surface area contributed by atoms with E-state index in [1.165, 1.54) is 10.4 Å². The molecule has 2 aromatic carbocycles. The first kappa shape index (κ1) is 18.8. The molecular formula is C19H21NO4S2. The number of aryl methyl sites for hydroxylation is 1. The van der Waals surface area contributed by atoms with Gasteiger partial charge in [-0.05, 0) is 37.1 Å². The van der Waals surface area contributed by atoms with Crippen LogP contribution in [0, 0.1) is 6.92 Å². The van der Waals surface area contributed by atoms with Crippen molar-refractivity contribution in [3.63, 3.8) is 0 Å². The Kier molecular flexibility index (Phi) is 5.32. The topological polar surface area (TPSA) is 71.5 Å². The maximum absolute atomic E-state index is 12.7. The SMILES string of the molecule is Cc1ccc(/C=C/S(=O)(=O)N2CCC(S(=O)(=O)c3ccccc3)C2)cc1. The highest BCUT2D eigenvalue weighted by Crippen LogP contribution is 2.26. The van der Waals surface area contributed by atoms with E-state index in [1.54, 1.807) is 30.3 Å². The molecule has 1 saturated heterocycles. The second-order valence-corrected chi connectivity index (χ2v) is 10.4. The Balaban J connectivity index is 1.74. The van der Waals surface area contributed by atoms with Crippen LogP contribution in [0.4, 0.5) is 0 Å². The summed E-state index contributed by atoms with van der Waals surface area (Å²) in [6.45, 7) is 2.15. The summed E-state index contributed by atoms with van der Waals surface area (Å²) in [5, 5.41) is 0.433. The first-order chi connectivity index (χ1) is 12.3. The molecular weight excluding hydrogens is 370 g/mol. The summed E-state index contributed by atoms with van der Waals surface area (Å²) in [5.74, 6) is 0. The molecule has 1 aliphatic rings. The summed E-state index contributed by atoms with van der Waals surface area (Å²) in [7, 11) is -7.19. The van der Waals surface area contributed by atoms with Crippen molar-refractivity contribution in [2.24, 2.45) is 0 Å². The van der Waals surface area contributed by atoms with Crippen molar-refractivity contribution in [2.75, 3.05) is 13.1 Å². The van der Waals surface area contributed by atoms with Crippen LogP contribution < -0.4 is 0 Å². The fourth-order valence-corrected chi connectivity index (χ4v) is 5.97. The van der Waals surface area contributed by atoms with Crippen LogP contribution in [-0.4, -0.2) is 39.5 Å². The number of rotatable bonds is 5. The van der Waals surface area contributed by atoms with Gasteiger partial charge in [-0.25, -0.2) is 16.8 Å². The van der Waals surface area contributed by atoms with Gasteiger partial charge in [-0.1, -0.05) is 48.0 Å². The smallest absolute Gasteiger partial charge is 0.223 e. The number of nitrogens with zero attached hydrogens (tertiary/aromatic N) is 1. The number of sulfone groups is 1. The van der Waals surface area contributed by atoms with Crippen molar-refractivity contribution >= 4 is 25.9 Å². The van der Waals surface area contributed by atoms with Crippen LogP contribution in [0.5, 0.6) is 0 Å². The molecule has 1 fully saturated rings. The van der Waals surface area contributed by atoms with Crippen LogP contribution in [0.25, 0.3) is 6.08 Å². The van der Waals surface area contributed by atoms with Gasteiger partial charge in [0.05, 0.1) is 10.1 Å². The molecule has 1 aliphatic heterocycles. The molecule has 1 atom stereocenters. The normalized spacial score (nSPS) is 19.2. The van der Waals surface area contributed by atoms with Gasteiger partial charge in [0, 0.05) is 18.5 Å². The fourth-order valence-electron chi connectivity index (χ4n) is 2.91. The predicted molar refractivity (Wildman–Crippen MR) is 103 cm³/mol. The highest BCUT2D eigenvalue weighted by atomic mass is 32.2. The van der Waals surface area contributed by atoms with Crippen molar-refractivity contribution in [1.29, 1.82) is 0 Å². The van der Waals surface area contributed by atoms with E-state index in [9.17, 15) is 16.8 Å². The minimum atomic E-state index is -3.66. The third kappa shape index (κ3) is 4.06. The third-order valence-electron chi connectivity index (χ3n) is 4.49. The Labute approximate surface area is 154 Å². The van der Waals surface area contributed by atoms with Crippen molar-refractivity contribution in [3.8, 4) is 0 Å². The lowest BCUT2D eigenvalue weighted by molar-refractivity contribution is 0.485. The Hall–Kier alpha value is -1.96. The van der Waals surface area contributed by atoms with Gasteiger partial charge in [0.25, 0.3) is 0 Å². The van der Waals surface area contributed by atoms with Gasteiger partial charge in [0.1, 0.15) is 0 Å². The first-order valence-electron chi connectivity index (χ1n) is 8.33. The van der Waals surface area contributed by atoms with Gasteiger partial charge < -0.3 is 0 Å². The maximum Gasteiger partial charge on any atom is 0.236 e. The average molecular weight is 392 g/mol. The van der Waals surface area contributed by atoms with Gasteiger partial charge in [-0.3, -0.25) is 0 Å². The van der Waals surface area contributed by atoms with Gasteiger partial charge in [0.2, 0.25) is 10.0 Å². The summed E-state index contributed by atoms with van der Waals surface area (Å²) in [4.78, 5) is 0.236. The van der Waals surface area contributed by atoms with E-state index >= 15 is 0 Å². The minimum absolute atomic E-state index is 0.0161. The Morgan fingerprint density at radius 1 is 0.962 bits per heavy atom. The van der Waals surface area contributed by atoms with Crippen LogP contribution in [0.15, 0.2) is 64.9 Å². The monoisotopic (exact) mass is 391 g/mol. The molecule has 0 aromatic heterocycles. The van der Waals surface area contributed by atoms with Crippen LogP contribution in [-0.2, 0) is 19.9 Å². The Morgan fingerprint density at radius 2 is 1.62 bits per heavy atom. The molecule has 3 rings (SSSR count). The number of sulfonamides is 1. The van der Waals surface area contributed by atoms with Crippen molar-refractivity contribution in [3.05, 3.63) is 71.1 Å². The minimum Gasteiger partial charge on any atom is -0.223 e. The second kappa shape index (κ2) is 7.34. The predicted octanol–water partition coefficient (Wildman–Crippen LogP) is 2.84. The lowest BCUT2D eigenvalue weighted by Gasteiger charge is -2.14. The molecule has 7 heteroatoms. The maximum atomic E-state index is 12.7. The summed E-state index contributed by atoms with van der Waals surface area (Å²) in [6, 6.07) is 15.7. The molecule has 26 heavy (non-hydrogen) atoms. The fraction of sp³-hybridized carbons (Fsp3) is 0.263. The van der Waals surface area contributed by atoms with Crippen molar-refractivity contribution in [2.45, 2.75) is 23.5 Å². The molecule has 0 saturated carbocycles. The number of hydrogen-bond acceptors (Lipinski definition) is 4. The largest absolute Gasteiger partial charge is 0.236 e. The van der Waals surface area contributed by atoms with E-state index in [1.807, 2.05) is 31.2 Å². The summed E-state index contributed by atoms with van der Waals surface area (Å²) >= 11 is 0. The quantitative estimate of drug-likeness (QED) is 0.786. The molecule has 1 heterocycles. The molecule has 0 aliphatic carbocycles. The van der Waals surface area contributed by atoms with Gasteiger partial charge in [-0.15, -0.1) is 0 Å². The molecule has 0 amide bonds. The van der Waals surface area contributed by atoms with E-state index in [0.29, 0.717) is 6.42 Å². The van der Waals surface area contributed by atoms with Crippen molar-refractivity contribution < 1.29 is 16.8 Å². The standard InChI is InChI=1S/C19H21NO4S2/c1-16-7-9-17(10-8-16)12-14-25(21,22)20-13-11-19(15-20)26(23,24)18-5-3-2-4-6-18/h2-10,12,14,19H,11,13,15H2,1H3/b14-12+. The zero-order valence-electron chi connectivity index (χ0n) is 14.4. The van der Waals surface area contributed by atoms with E-state index in [0.717, 1.165) is 16.5 Å². The number of hydrogen-bond donors (Lipinski definition) is 0. The molecule has 5 nitrogen and oxygen atoms in total. The lowest BCUT2D eigenvalue weighted by atomic mass is 10.2.